The third-order valence-corrected chi connectivity index (χ3v) is 4.86. The van der Waals surface area contributed by atoms with E-state index in [4.69, 9.17) is 23.2 Å². The Bertz CT molecular complexity index is 909. The van der Waals surface area contributed by atoms with E-state index in [0.717, 1.165) is 5.56 Å². The molecule has 0 saturated heterocycles. The standard InChI is InChI=1S/C20H23Cl2N3O5/c1-11(2)3-17(20(29)30)24-18(26)16(19(27)28)7-15-8-23-10-25(15)9-12-4-13(21)6-14(22)5-12/h4-6,8,10-11,16-17H,3,7,9H2,1-2H3,(H,24,26)(H,27,28)(H,29,30). The van der Waals surface area contributed by atoms with E-state index in [1.807, 2.05) is 13.8 Å². The number of hydrogen-bond donors (Lipinski definition) is 3. The summed E-state index contributed by atoms with van der Waals surface area (Å²) in [5.41, 5.74) is 1.29. The normalized spacial score (nSPS) is 13.1. The van der Waals surface area contributed by atoms with E-state index in [0.29, 0.717) is 22.3 Å². The first-order valence-corrected chi connectivity index (χ1v) is 10.0. The predicted molar refractivity (Wildman–Crippen MR) is 112 cm³/mol. The number of carboxylic acids is 2. The maximum Gasteiger partial charge on any atom is 0.326 e. The van der Waals surface area contributed by atoms with Crippen LogP contribution in [0, 0.1) is 11.8 Å². The molecule has 162 valence electrons. The van der Waals surface area contributed by atoms with E-state index in [1.54, 1.807) is 22.8 Å². The van der Waals surface area contributed by atoms with Crippen molar-refractivity contribution in [3.63, 3.8) is 0 Å². The number of nitrogens with one attached hydrogen (secondary N) is 1. The quantitative estimate of drug-likeness (QED) is 0.473. The van der Waals surface area contributed by atoms with Gasteiger partial charge < -0.3 is 20.1 Å². The van der Waals surface area contributed by atoms with Crippen molar-refractivity contribution < 1.29 is 24.6 Å². The summed E-state index contributed by atoms with van der Waals surface area (Å²) in [6, 6.07) is 3.89. The number of benzene rings is 1. The molecule has 2 unspecified atom stereocenters. The van der Waals surface area contributed by atoms with Gasteiger partial charge in [-0.15, -0.1) is 0 Å². The van der Waals surface area contributed by atoms with Crippen LogP contribution in [0.1, 0.15) is 31.5 Å². The van der Waals surface area contributed by atoms with Gasteiger partial charge in [0.2, 0.25) is 5.91 Å². The molecule has 10 heteroatoms. The highest BCUT2D eigenvalue weighted by Crippen LogP contribution is 2.21. The van der Waals surface area contributed by atoms with Crippen LogP contribution in [0.5, 0.6) is 0 Å². The molecule has 0 radical (unpaired) electrons. The van der Waals surface area contributed by atoms with Crippen LogP contribution in [0.2, 0.25) is 10.0 Å². The number of hydrogen-bond acceptors (Lipinski definition) is 4. The summed E-state index contributed by atoms with van der Waals surface area (Å²) < 4.78 is 1.69. The molecule has 1 aromatic heterocycles. The van der Waals surface area contributed by atoms with Crippen LogP contribution < -0.4 is 5.32 Å². The number of amides is 1. The van der Waals surface area contributed by atoms with Crippen molar-refractivity contribution >= 4 is 41.0 Å². The summed E-state index contributed by atoms with van der Waals surface area (Å²) in [6.07, 6.45) is 3.03. The average molecular weight is 456 g/mol. The minimum atomic E-state index is -1.46. The van der Waals surface area contributed by atoms with E-state index in [1.165, 1.54) is 12.5 Å². The minimum Gasteiger partial charge on any atom is -0.481 e. The predicted octanol–water partition coefficient (Wildman–Crippen LogP) is 3.10. The first kappa shape index (κ1) is 23.7. The summed E-state index contributed by atoms with van der Waals surface area (Å²) in [5.74, 6) is -4.85. The van der Waals surface area contributed by atoms with Crippen molar-refractivity contribution in [3.05, 3.63) is 52.0 Å². The molecule has 1 heterocycles. The van der Waals surface area contributed by atoms with Crippen molar-refractivity contribution in [1.82, 2.24) is 14.9 Å². The first-order valence-electron chi connectivity index (χ1n) is 9.26. The maximum absolute atomic E-state index is 12.5. The van der Waals surface area contributed by atoms with E-state index < -0.39 is 29.8 Å². The van der Waals surface area contributed by atoms with Gasteiger partial charge >= 0.3 is 11.9 Å². The Balaban J connectivity index is 2.17. The van der Waals surface area contributed by atoms with Gasteiger partial charge in [0, 0.05) is 34.9 Å². The summed E-state index contributed by atoms with van der Waals surface area (Å²) in [5, 5.41) is 22.1. The molecule has 0 fully saturated rings. The van der Waals surface area contributed by atoms with E-state index in [-0.39, 0.29) is 18.8 Å². The van der Waals surface area contributed by atoms with Crippen molar-refractivity contribution in [2.24, 2.45) is 11.8 Å². The minimum absolute atomic E-state index is 0.0145. The number of aromatic nitrogens is 2. The molecular weight excluding hydrogens is 433 g/mol. The van der Waals surface area contributed by atoms with Crippen LogP contribution in [0.4, 0.5) is 0 Å². The average Bonchev–Trinajstić information content (AvgIpc) is 3.04. The zero-order chi connectivity index (χ0) is 22.4. The van der Waals surface area contributed by atoms with Gasteiger partial charge in [0.25, 0.3) is 0 Å². The highest BCUT2D eigenvalue weighted by atomic mass is 35.5. The molecule has 2 atom stereocenters. The van der Waals surface area contributed by atoms with Crippen molar-refractivity contribution in [2.75, 3.05) is 0 Å². The second kappa shape index (κ2) is 10.4. The first-order chi connectivity index (χ1) is 14.1. The number of nitrogens with zero attached hydrogens (tertiary/aromatic N) is 2. The van der Waals surface area contributed by atoms with Crippen LogP contribution in [-0.4, -0.2) is 43.7 Å². The number of rotatable bonds is 10. The lowest BCUT2D eigenvalue weighted by Gasteiger charge is -2.20. The molecule has 1 amide bonds. The number of aliphatic carboxylic acids is 2. The molecule has 30 heavy (non-hydrogen) atoms. The highest BCUT2D eigenvalue weighted by Gasteiger charge is 2.31. The van der Waals surface area contributed by atoms with Crippen molar-refractivity contribution in [3.8, 4) is 0 Å². The summed E-state index contributed by atoms with van der Waals surface area (Å²) in [7, 11) is 0. The fourth-order valence-corrected chi connectivity index (χ4v) is 3.60. The molecule has 8 nitrogen and oxygen atoms in total. The zero-order valence-electron chi connectivity index (χ0n) is 16.5. The van der Waals surface area contributed by atoms with Crippen LogP contribution in [0.15, 0.2) is 30.7 Å². The van der Waals surface area contributed by atoms with Crippen LogP contribution in [0.25, 0.3) is 0 Å². The molecule has 1 aromatic carbocycles. The molecule has 0 saturated carbocycles. The Kier molecular flexibility index (Phi) is 8.25. The number of carbonyl (C=O) groups excluding carboxylic acids is 1. The highest BCUT2D eigenvalue weighted by molar-refractivity contribution is 6.34. The van der Waals surface area contributed by atoms with E-state index in [2.05, 4.69) is 10.3 Å². The summed E-state index contributed by atoms with van der Waals surface area (Å²) in [4.78, 5) is 39.7. The number of imidazole rings is 1. The molecule has 3 N–H and O–H groups in total. The van der Waals surface area contributed by atoms with Gasteiger partial charge in [0.15, 0.2) is 0 Å². The van der Waals surface area contributed by atoms with Gasteiger partial charge in [-0.05, 0) is 36.1 Å². The smallest absolute Gasteiger partial charge is 0.326 e. The Hall–Kier alpha value is -2.58. The third-order valence-electron chi connectivity index (χ3n) is 4.42. The molecular formula is C20H23Cl2N3O5. The molecule has 0 aliphatic rings. The number of carboxylic acid groups (broad SMARTS) is 2. The van der Waals surface area contributed by atoms with E-state index >= 15 is 0 Å². The molecule has 0 aliphatic carbocycles. The van der Waals surface area contributed by atoms with Gasteiger partial charge in [-0.1, -0.05) is 37.0 Å². The summed E-state index contributed by atoms with van der Waals surface area (Å²) in [6.45, 7) is 3.96. The second-order valence-electron chi connectivity index (χ2n) is 7.41. The summed E-state index contributed by atoms with van der Waals surface area (Å²) >= 11 is 12.0. The topological polar surface area (TPSA) is 122 Å². The lowest BCUT2D eigenvalue weighted by Crippen LogP contribution is -2.46. The molecule has 0 spiro atoms. The van der Waals surface area contributed by atoms with Crippen LogP contribution >= 0.6 is 23.2 Å². The lowest BCUT2D eigenvalue weighted by molar-refractivity contribution is -0.150. The van der Waals surface area contributed by atoms with Gasteiger partial charge in [-0.2, -0.15) is 0 Å². The van der Waals surface area contributed by atoms with Gasteiger partial charge in [0.05, 0.1) is 6.33 Å². The zero-order valence-corrected chi connectivity index (χ0v) is 18.0. The monoisotopic (exact) mass is 455 g/mol. The van der Waals surface area contributed by atoms with Gasteiger partial charge in [-0.25, -0.2) is 9.78 Å². The number of carbonyl (C=O) groups is 3. The largest absolute Gasteiger partial charge is 0.481 e. The fraction of sp³-hybridized carbons (Fsp3) is 0.400. The van der Waals surface area contributed by atoms with Gasteiger partial charge in [0.1, 0.15) is 12.0 Å². The third kappa shape index (κ3) is 6.74. The lowest BCUT2D eigenvalue weighted by atomic mass is 9.99. The molecule has 2 rings (SSSR count). The number of halogens is 2. The second-order valence-corrected chi connectivity index (χ2v) is 8.29. The Morgan fingerprint density at radius 2 is 1.73 bits per heavy atom. The SMILES string of the molecule is CC(C)CC(NC(=O)C(Cc1cncn1Cc1cc(Cl)cc(Cl)c1)C(=O)O)C(=O)O. The van der Waals surface area contributed by atoms with Crippen molar-refractivity contribution in [1.29, 1.82) is 0 Å². The van der Waals surface area contributed by atoms with E-state index in [9.17, 15) is 24.6 Å². The van der Waals surface area contributed by atoms with Crippen LogP contribution in [-0.2, 0) is 27.3 Å². The molecule has 2 aromatic rings. The molecule has 0 bridgehead atoms. The maximum atomic E-state index is 12.5. The Labute approximate surface area is 183 Å². The Morgan fingerprint density at radius 1 is 1.10 bits per heavy atom. The Morgan fingerprint density at radius 3 is 2.27 bits per heavy atom. The van der Waals surface area contributed by atoms with Gasteiger partial charge in [-0.3, -0.25) is 9.59 Å². The fourth-order valence-electron chi connectivity index (χ4n) is 3.03. The molecule has 0 aliphatic heterocycles. The van der Waals surface area contributed by atoms with Crippen molar-refractivity contribution in [2.45, 2.75) is 39.3 Å². The van der Waals surface area contributed by atoms with Crippen LogP contribution in [0.3, 0.4) is 0 Å².